The minimum absolute atomic E-state index is 0.309. The second kappa shape index (κ2) is 7.50. The van der Waals surface area contributed by atoms with Crippen molar-refractivity contribution in [3.8, 4) is 11.4 Å². The topological polar surface area (TPSA) is 71.8 Å². The van der Waals surface area contributed by atoms with Crippen molar-refractivity contribution in [3.05, 3.63) is 61.2 Å². The number of hydrogen-bond acceptors (Lipinski definition) is 6. The third-order valence-corrected chi connectivity index (χ3v) is 5.34. The van der Waals surface area contributed by atoms with Crippen LogP contribution >= 0.6 is 0 Å². The van der Waals surface area contributed by atoms with Gasteiger partial charge in [0.1, 0.15) is 5.82 Å². The first-order valence-electron chi connectivity index (χ1n) is 9.93. The van der Waals surface area contributed by atoms with Crippen molar-refractivity contribution >= 4 is 22.4 Å². The molecule has 5 rings (SSSR count). The van der Waals surface area contributed by atoms with Crippen LogP contribution in [-0.4, -0.2) is 43.9 Å². The number of hydrogen-bond donors (Lipinski definition) is 1. The molecule has 7 heteroatoms. The summed E-state index contributed by atoms with van der Waals surface area (Å²) in [7, 11) is 1.95. The van der Waals surface area contributed by atoms with Crippen molar-refractivity contribution in [1.82, 2.24) is 24.7 Å². The molecule has 3 aromatic heterocycles. The first-order chi connectivity index (χ1) is 14.3. The van der Waals surface area contributed by atoms with E-state index in [1.165, 1.54) is 5.69 Å². The number of benzene rings is 1. The normalized spacial score (nSPS) is 16.9. The fourth-order valence-corrected chi connectivity index (χ4v) is 3.91. The summed E-state index contributed by atoms with van der Waals surface area (Å²) in [5.74, 6) is 1.58. The maximum atomic E-state index is 4.87. The van der Waals surface area contributed by atoms with E-state index in [4.69, 9.17) is 9.97 Å². The van der Waals surface area contributed by atoms with Gasteiger partial charge in [-0.15, -0.1) is 0 Å². The average Bonchev–Trinajstić information content (AvgIpc) is 3.21. The quantitative estimate of drug-likeness (QED) is 0.580. The molecule has 1 aliphatic heterocycles. The second-order valence-corrected chi connectivity index (χ2v) is 7.46. The Balaban J connectivity index is 1.46. The first-order valence-corrected chi connectivity index (χ1v) is 9.93. The van der Waals surface area contributed by atoms with Crippen molar-refractivity contribution < 1.29 is 0 Å². The van der Waals surface area contributed by atoms with E-state index >= 15 is 0 Å². The number of piperidine rings is 1. The van der Waals surface area contributed by atoms with E-state index in [1.807, 2.05) is 48.3 Å². The fraction of sp³-hybridized carbons (Fsp3) is 0.273. The van der Waals surface area contributed by atoms with Crippen LogP contribution in [0.25, 0.3) is 22.3 Å². The molecule has 146 valence electrons. The van der Waals surface area contributed by atoms with Crippen molar-refractivity contribution in [2.75, 3.05) is 23.3 Å². The molecule has 0 aliphatic carbocycles. The molecule has 0 amide bonds. The highest BCUT2D eigenvalue weighted by Gasteiger charge is 2.22. The van der Waals surface area contributed by atoms with Gasteiger partial charge in [0.25, 0.3) is 0 Å². The maximum absolute atomic E-state index is 4.87. The predicted octanol–water partition coefficient (Wildman–Crippen LogP) is 3.51. The summed E-state index contributed by atoms with van der Waals surface area (Å²) in [5, 5.41) is 9.06. The molecule has 1 aliphatic rings. The molecule has 1 N–H and O–H groups in total. The Labute approximate surface area is 169 Å². The summed E-state index contributed by atoms with van der Waals surface area (Å²) >= 11 is 0. The standard InChI is InChI=1S/C22H23N7/c1-28-15-18(13-24-28)29-11-5-7-17(14-29)25-22-19-8-2-3-9-20(19)26-21(27-22)16-6-4-10-23-12-16/h2-4,6,8-10,12-13,15,17H,5,7,11,14H2,1H3,(H,25,26,27). The van der Waals surface area contributed by atoms with Crippen molar-refractivity contribution in [3.63, 3.8) is 0 Å². The molecule has 1 aromatic carbocycles. The lowest BCUT2D eigenvalue weighted by atomic mass is 10.0. The van der Waals surface area contributed by atoms with Crippen LogP contribution < -0.4 is 10.2 Å². The molecule has 4 aromatic rings. The van der Waals surface area contributed by atoms with Gasteiger partial charge >= 0.3 is 0 Å². The number of anilines is 2. The molecule has 1 unspecified atom stereocenters. The molecule has 1 atom stereocenters. The van der Waals surface area contributed by atoms with Crippen LogP contribution in [0.1, 0.15) is 12.8 Å². The molecular formula is C22H23N7. The van der Waals surface area contributed by atoms with Crippen molar-refractivity contribution in [2.45, 2.75) is 18.9 Å². The zero-order valence-electron chi connectivity index (χ0n) is 16.4. The van der Waals surface area contributed by atoms with E-state index in [0.717, 1.165) is 48.2 Å². The van der Waals surface area contributed by atoms with Crippen LogP contribution in [0.3, 0.4) is 0 Å². The molecule has 0 bridgehead atoms. The highest BCUT2D eigenvalue weighted by molar-refractivity contribution is 5.90. The lowest BCUT2D eigenvalue weighted by Crippen LogP contribution is -2.42. The Kier molecular flexibility index (Phi) is 4.56. The maximum Gasteiger partial charge on any atom is 0.163 e. The van der Waals surface area contributed by atoms with Crippen LogP contribution in [0.15, 0.2) is 61.2 Å². The van der Waals surface area contributed by atoms with Crippen molar-refractivity contribution in [1.29, 1.82) is 0 Å². The van der Waals surface area contributed by atoms with Gasteiger partial charge in [-0.25, -0.2) is 9.97 Å². The molecule has 0 saturated carbocycles. The van der Waals surface area contributed by atoms with E-state index in [1.54, 1.807) is 12.4 Å². The number of pyridine rings is 1. The highest BCUT2D eigenvalue weighted by Crippen LogP contribution is 2.27. The van der Waals surface area contributed by atoms with Crippen LogP contribution in [0.5, 0.6) is 0 Å². The second-order valence-electron chi connectivity index (χ2n) is 7.46. The van der Waals surface area contributed by atoms with Gasteiger partial charge in [-0.1, -0.05) is 12.1 Å². The molecule has 4 heterocycles. The molecule has 0 spiro atoms. The Morgan fingerprint density at radius 1 is 1.07 bits per heavy atom. The van der Waals surface area contributed by atoms with E-state index < -0.39 is 0 Å². The molecule has 7 nitrogen and oxygen atoms in total. The Morgan fingerprint density at radius 2 is 2.00 bits per heavy atom. The molecule has 1 fully saturated rings. The van der Waals surface area contributed by atoms with Crippen LogP contribution in [0.2, 0.25) is 0 Å². The first kappa shape index (κ1) is 17.6. The number of fused-ring (bicyclic) bond motifs is 1. The Morgan fingerprint density at radius 3 is 2.83 bits per heavy atom. The smallest absolute Gasteiger partial charge is 0.163 e. The number of nitrogens with zero attached hydrogens (tertiary/aromatic N) is 6. The van der Waals surface area contributed by atoms with Crippen LogP contribution in [0, 0.1) is 0 Å². The summed E-state index contributed by atoms with van der Waals surface area (Å²) in [6, 6.07) is 12.4. The van der Waals surface area contributed by atoms with Gasteiger partial charge in [0.15, 0.2) is 5.82 Å². The molecule has 1 saturated heterocycles. The van der Waals surface area contributed by atoms with Crippen molar-refractivity contribution in [2.24, 2.45) is 7.05 Å². The van der Waals surface area contributed by atoms with Crippen LogP contribution in [0.4, 0.5) is 11.5 Å². The van der Waals surface area contributed by atoms with Gasteiger partial charge < -0.3 is 10.2 Å². The Bertz CT molecular complexity index is 1120. The largest absolute Gasteiger partial charge is 0.367 e. The Hall–Kier alpha value is -3.48. The van der Waals surface area contributed by atoms with Gasteiger partial charge in [0.2, 0.25) is 0 Å². The zero-order chi connectivity index (χ0) is 19.6. The number of para-hydroxylation sites is 1. The minimum atomic E-state index is 0.309. The fourth-order valence-electron chi connectivity index (χ4n) is 3.91. The van der Waals surface area contributed by atoms with E-state index in [-0.39, 0.29) is 0 Å². The summed E-state index contributed by atoms with van der Waals surface area (Å²) in [5.41, 5.74) is 3.02. The van der Waals surface area contributed by atoms with Crippen LogP contribution in [-0.2, 0) is 7.05 Å². The van der Waals surface area contributed by atoms with E-state index in [0.29, 0.717) is 11.9 Å². The van der Waals surface area contributed by atoms with Gasteiger partial charge in [0.05, 0.1) is 17.4 Å². The average molecular weight is 385 g/mol. The number of nitrogens with one attached hydrogen (secondary N) is 1. The van der Waals surface area contributed by atoms with Gasteiger partial charge in [-0.2, -0.15) is 5.10 Å². The number of rotatable bonds is 4. The summed E-state index contributed by atoms with van der Waals surface area (Å²) in [6.07, 6.45) is 9.81. The summed E-state index contributed by atoms with van der Waals surface area (Å²) < 4.78 is 1.85. The third kappa shape index (κ3) is 3.63. The SMILES string of the molecule is Cn1cc(N2CCCC(Nc3nc(-c4cccnc4)nc4ccccc34)C2)cn1. The molecule has 0 radical (unpaired) electrons. The lowest BCUT2D eigenvalue weighted by molar-refractivity contribution is 0.529. The summed E-state index contributed by atoms with van der Waals surface area (Å²) in [6.45, 7) is 1.97. The highest BCUT2D eigenvalue weighted by atomic mass is 15.3. The zero-order valence-corrected chi connectivity index (χ0v) is 16.4. The van der Waals surface area contributed by atoms with E-state index in [9.17, 15) is 0 Å². The number of aryl methyl sites for hydroxylation is 1. The van der Waals surface area contributed by atoms with Gasteiger partial charge in [-0.3, -0.25) is 9.67 Å². The number of aromatic nitrogens is 5. The predicted molar refractivity (Wildman–Crippen MR) is 115 cm³/mol. The molecule has 29 heavy (non-hydrogen) atoms. The minimum Gasteiger partial charge on any atom is -0.367 e. The monoisotopic (exact) mass is 385 g/mol. The summed E-state index contributed by atoms with van der Waals surface area (Å²) in [4.78, 5) is 16.2. The third-order valence-electron chi connectivity index (χ3n) is 5.34. The van der Waals surface area contributed by atoms with Gasteiger partial charge in [-0.05, 0) is 37.1 Å². The lowest BCUT2D eigenvalue weighted by Gasteiger charge is -2.34. The molecular weight excluding hydrogens is 362 g/mol. The van der Waals surface area contributed by atoms with E-state index in [2.05, 4.69) is 32.6 Å². The van der Waals surface area contributed by atoms with Gasteiger partial charge in [0, 0.05) is 55.7 Å².